The zero-order chi connectivity index (χ0) is 57.3. The Labute approximate surface area is 502 Å². The summed E-state index contributed by atoms with van der Waals surface area (Å²) in [5, 5.41) is 18.5. The van der Waals surface area contributed by atoms with E-state index in [0.717, 1.165) is 82.3 Å². The standard InChI is InChI=1S/C85H52O2/c1-51-34-36-53(37-35-51)58-44-45-71-74(49-58)79(61-42-38-52-18-5-6-21-55(52)47-61)66-25-10-9-24-65(66)78(71)60-43-40-56-46-59(41-39-57(56)48-60)63-31-17-32-72-75-50-76(85-82(84(75)87-83(63)72)73-30-15-16-33-77(73)86-85)81-69-28-13-11-26-67(69)80(68-27-12-14-29-70(68)81)64-23-8-7-22-62(64)54-19-3-2-4-20-54/h2-50H,1H3. The van der Waals surface area contributed by atoms with E-state index in [2.05, 4.69) is 304 Å². The predicted molar refractivity (Wildman–Crippen MR) is 369 cm³/mol. The molecule has 0 fully saturated rings. The Balaban J connectivity index is 0.810. The average Bonchev–Trinajstić information content (AvgIpc) is 2.57. The molecular weight excluding hydrogens is 1050 g/mol. The van der Waals surface area contributed by atoms with Gasteiger partial charge in [0.15, 0.2) is 0 Å². The van der Waals surface area contributed by atoms with Crippen LogP contribution < -0.4 is 0 Å². The van der Waals surface area contributed by atoms with Crippen LogP contribution in [0.1, 0.15) is 5.56 Å². The minimum atomic E-state index is 0.814. The molecule has 0 bridgehead atoms. The molecule has 87 heavy (non-hydrogen) atoms. The summed E-state index contributed by atoms with van der Waals surface area (Å²) < 4.78 is 14.4. The smallest absolute Gasteiger partial charge is 0.147 e. The first-order valence-electron chi connectivity index (χ1n) is 30.0. The topological polar surface area (TPSA) is 26.3 Å². The van der Waals surface area contributed by atoms with Crippen molar-refractivity contribution in [3.05, 3.63) is 303 Å². The largest absolute Gasteiger partial charge is 0.455 e. The summed E-state index contributed by atoms with van der Waals surface area (Å²) in [5.41, 5.74) is 21.0. The van der Waals surface area contributed by atoms with Gasteiger partial charge in [-0.3, -0.25) is 0 Å². The van der Waals surface area contributed by atoms with Gasteiger partial charge in [-0.2, -0.15) is 0 Å². The number of furan rings is 2. The highest BCUT2D eigenvalue weighted by Gasteiger charge is 2.27. The monoisotopic (exact) mass is 1100 g/mol. The Morgan fingerprint density at radius 1 is 0.207 bits per heavy atom. The Morgan fingerprint density at radius 2 is 0.678 bits per heavy atom. The molecule has 404 valence electrons. The number of fused-ring (bicyclic) bond motifs is 13. The molecule has 2 heterocycles. The fraction of sp³-hybridized carbons (Fsp3) is 0.0118. The van der Waals surface area contributed by atoms with Gasteiger partial charge in [-0.25, -0.2) is 0 Å². The minimum absolute atomic E-state index is 0.814. The molecule has 2 aromatic heterocycles. The van der Waals surface area contributed by atoms with E-state index in [9.17, 15) is 0 Å². The number of hydrogen-bond acceptors (Lipinski definition) is 2. The Morgan fingerprint density at radius 3 is 1.37 bits per heavy atom. The van der Waals surface area contributed by atoms with Crippen LogP contribution in [0.25, 0.3) is 186 Å². The zero-order valence-electron chi connectivity index (χ0n) is 47.6. The van der Waals surface area contributed by atoms with Gasteiger partial charge in [0.2, 0.25) is 0 Å². The van der Waals surface area contributed by atoms with Crippen LogP contribution in [0.5, 0.6) is 0 Å². The lowest BCUT2D eigenvalue weighted by molar-refractivity contribution is 0.664. The summed E-state index contributed by atoms with van der Waals surface area (Å²) in [4.78, 5) is 0. The molecule has 0 N–H and O–H groups in total. The summed E-state index contributed by atoms with van der Waals surface area (Å²) in [6, 6.07) is 109. The molecule has 18 aromatic rings. The molecule has 0 aliphatic carbocycles. The molecule has 0 radical (unpaired) electrons. The third-order valence-electron chi connectivity index (χ3n) is 18.5. The van der Waals surface area contributed by atoms with E-state index in [-0.39, 0.29) is 0 Å². The maximum Gasteiger partial charge on any atom is 0.147 e. The highest BCUT2D eigenvalue weighted by Crippen LogP contribution is 2.52. The number of aryl methyl sites for hydroxylation is 1. The van der Waals surface area contributed by atoms with E-state index in [1.807, 2.05) is 0 Å². The molecule has 0 atom stereocenters. The lowest BCUT2D eigenvalue weighted by Gasteiger charge is -2.20. The fourth-order valence-corrected chi connectivity index (χ4v) is 14.5. The second-order valence-corrected chi connectivity index (χ2v) is 23.4. The third kappa shape index (κ3) is 7.68. The van der Waals surface area contributed by atoms with Gasteiger partial charge < -0.3 is 8.83 Å². The van der Waals surface area contributed by atoms with Gasteiger partial charge in [-0.05, 0) is 169 Å². The van der Waals surface area contributed by atoms with Crippen LogP contribution in [0.4, 0.5) is 0 Å². The summed E-state index contributed by atoms with van der Waals surface area (Å²) in [7, 11) is 0. The summed E-state index contributed by atoms with van der Waals surface area (Å²) in [6.07, 6.45) is 0. The van der Waals surface area contributed by atoms with E-state index < -0.39 is 0 Å². The lowest BCUT2D eigenvalue weighted by atomic mass is 9.83. The highest BCUT2D eigenvalue weighted by atomic mass is 16.3. The molecule has 16 aromatic carbocycles. The molecule has 18 rings (SSSR count). The van der Waals surface area contributed by atoms with Gasteiger partial charge in [-0.1, -0.05) is 266 Å². The molecule has 0 spiro atoms. The summed E-state index contributed by atoms with van der Waals surface area (Å²) in [5.74, 6) is 0. The minimum Gasteiger partial charge on any atom is -0.455 e. The molecular formula is C85H52O2. The van der Waals surface area contributed by atoms with Crippen molar-refractivity contribution >= 4 is 109 Å². The third-order valence-corrected chi connectivity index (χ3v) is 18.5. The van der Waals surface area contributed by atoms with Crippen LogP contribution in [0.3, 0.4) is 0 Å². The highest BCUT2D eigenvalue weighted by molar-refractivity contribution is 6.31. The zero-order valence-corrected chi connectivity index (χ0v) is 47.6. The van der Waals surface area contributed by atoms with Crippen LogP contribution in [0.2, 0.25) is 0 Å². The average molecular weight is 1110 g/mol. The second-order valence-electron chi connectivity index (χ2n) is 23.4. The first kappa shape index (κ1) is 49.1. The Hall–Kier alpha value is -11.3. The van der Waals surface area contributed by atoms with Gasteiger partial charge in [0, 0.05) is 32.8 Å². The number of benzene rings is 16. The van der Waals surface area contributed by atoms with Crippen molar-refractivity contribution in [2.24, 2.45) is 0 Å². The number of rotatable bonds is 7. The molecule has 0 saturated carbocycles. The van der Waals surface area contributed by atoms with E-state index in [0.29, 0.717) is 0 Å². The number of para-hydroxylation sites is 2. The quantitative estimate of drug-likeness (QED) is 0.149. The van der Waals surface area contributed by atoms with Gasteiger partial charge in [-0.15, -0.1) is 0 Å². The van der Waals surface area contributed by atoms with Gasteiger partial charge in [0.05, 0.1) is 5.39 Å². The van der Waals surface area contributed by atoms with Gasteiger partial charge in [0.1, 0.15) is 22.3 Å². The van der Waals surface area contributed by atoms with Crippen molar-refractivity contribution in [2.75, 3.05) is 0 Å². The van der Waals surface area contributed by atoms with E-state index >= 15 is 0 Å². The summed E-state index contributed by atoms with van der Waals surface area (Å²) in [6.45, 7) is 2.15. The van der Waals surface area contributed by atoms with Crippen molar-refractivity contribution in [2.45, 2.75) is 6.92 Å². The van der Waals surface area contributed by atoms with E-state index in [4.69, 9.17) is 8.83 Å². The normalized spacial score (nSPS) is 12.0. The molecule has 0 unspecified atom stereocenters. The van der Waals surface area contributed by atoms with E-state index in [1.54, 1.807) is 0 Å². The van der Waals surface area contributed by atoms with Crippen LogP contribution in [0.15, 0.2) is 306 Å². The van der Waals surface area contributed by atoms with Crippen LogP contribution >= 0.6 is 0 Å². The Bertz CT molecular complexity index is 5820. The molecule has 0 amide bonds. The molecule has 0 saturated heterocycles. The van der Waals surface area contributed by atoms with Crippen molar-refractivity contribution in [1.29, 1.82) is 0 Å². The van der Waals surface area contributed by atoms with Crippen LogP contribution in [-0.4, -0.2) is 0 Å². The SMILES string of the molecule is Cc1ccc(-c2ccc3c(-c4ccc5cc(-c6cccc7c6oc6c7cc(-c7c8ccccc8c(-c8ccccc8-c8ccccc8)c8ccccc78)c7oc8ccccc8c76)ccc5c4)c4ccccc4c(-c4ccc5ccccc5c4)c3c2)cc1. The van der Waals surface area contributed by atoms with Gasteiger partial charge >= 0.3 is 0 Å². The molecule has 0 aliphatic rings. The molecule has 0 aliphatic heterocycles. The van der Waals surface area contributed by atoms with Crippen molar-refractivity contribution in [3.8, 4) is 77.9 Å². The van der Waals surface area contributed by atoms with Crippen LogP contribution in [-0.2, 0) is 0 Å². The second kappa shape index (κ2) is 19.4. The van der Waals surface area contributed by atoms with E-state index in [1.165, 1.54) is 110 Å². The van der Waals surface area contributed by atoms with Gasteiger partial charge in [0.25, 0.3) is 0 Å². The van der Waals surface area contributed by atoms with Crippen molar-refractivity contribution in [3.63, 3.8) is 0 Å². The van der Waals surface area contributed by atoms with Crippen LogP contribution in [0, 0.1) is 6.92 Å². The molecule has 2 heteroatoms. The van der Waals surface area contributed by atoms with Crippen molar-refractivity contribution < 1.29 is 8.83 Å². The maximum absolute atomic E-state index is 7.33. The lowest BCUT2D eigenvalue weighted by Crippen LogP contribution is -1.93. The predicted octanol–water partition coefficient (Wildman–Crippen LogP) is 24.4. The first-order chi connectivity index (χ1) is 43.1. The maximum atomic E-state index is 7.33. The number of hydrogen-bond donors (Lipinski definition) is 0. The first-order valence-corrected chi connectivity index (χ1v) is 30.0. The van der Waals surface area contributed by atoms with Crippen molar-refractivity contribution in [1.82, 2.24) is 0 Å². The molecule has 2 nitrogen and oxygen atoms in total. The fourth-order valence-electron chi connectivity index (χ4n) is 14.5. The Kier molecular flexibility index (Phi) is 10.9. The summed E-state index contributed by atoms with van der Waals surface area (Å²) >= 11 is 0.